The van der Waals surface area contributed by atoms with Crippen LogP contribution in [0.1, 0.15) is 25.3 Å². The van der Waals surface area contributed by atoms with Gasteiger partial charge in [-0.15, -0.1) is 0 Å². The van der Waals surface area contributed by atoms with Gasteiger partial charge in [-0.05, 0) is 55.7 Å². The summed E-state index contributed by atoms with van der Waals surface area (Å²) in [6, 6.07) is 13.6. The molecule has 1 saturated heterocycles. The lowest BCUT2D eigenvalue weighted by molar-refractivity contribution is -0.125. The first kappa shape index (κ1) is 20.0. The fourth-order valence-corrected chi connectivity index (χ4v) is 4.74. The lowest BCUT2D eigenvalue weighted by atomic mass is 9.97. The molecule has 1 amide bonds. The maximum Gasteiger partial charge on any atom is 0.225 e. The van der Waals surface area contributed by atoms with E-state index >= 15 is 0 Å². The van der Waals surface area contributed by atoms with Gasteiger partial charge in [-0.25, -0.2) is 4.98 Å². The summed E-state index contributed by atoms with van der Waals surface area (Å²) in [5.41, 5.74) is 2.02. The molecule has 4 rings (SSSR count). The molecule has 0 radical (unpaired) electrons. The third-order valence-electron chi connectivity index (χ3n) is 5.10. The van der Waals surface area contributed by atoms with Crippen molar-refractivity contribution in [2.24, 2.45) is 5.92 Å². The van der Waals surface area contributed by atoms with Crippen molar-refractivity contribution in [1.82, 2.24) is 10.3 Å². The van der Waals surface area contributed by atoms with Crippen LogP contribution in [0.2, 0.25) is 5.02 Å². The van der Waals surface area contributed by atoms with E-state index in [1.807, 2.05) is 49.4 Å². The van der Waals surface area contributed by atoms with Gasteiger partial charge in [0.2, 0.25) is 5.91 Å². The number of carbonyl (C=O) groups is 1. The predicted molar refractivity (Wildman–Crippen MR) is 119 cm³/mol. The molecule has 2 aromatic carbocycles. The van der Waals surface area contributed by atoms with Crippen LogP contribution in [0, 0.1) is 5.92 Å². The molecule has 0 saturated carbocycles. The second-order valence-corrected chi connectivity index (χ2v) is 8.63. The normalized spacial score (nSPS) is 16.8. The number of benzene rings is 2. The van der Waals surface area contributed by atoms with E-state index < -0.39 is 0 Å². The van der Waals surface area contributed by atoms with E-state index in [1.54, 1.807) is 11.3 Å². The fourth-order valence-electron chi connectivity index (χ4n) is 3.59. The first-order valence-corrected chi connectivity index (χ1v) is 11.1. The van der Waals surface area contributed by atoms with Crippen molar-refractivity contribution in [2.45, 2.75) is 26.3 Å². The van der Waals surface area contributed by atoms with Gasteiger partial charge in [0, 0.05) is 24.7 Å². The number of hydrogen-bond donors (Lipinski definition) is 1. The number of nitrogens with one attached hydrogen (secondary N) is 1. The zero-order valence-corrected chi connectivity index (χ0v) is 17.9. The second kappa shape index (κ2) is 9.01. The Balaban J connectivity index is 1.40. The molecule has 5 nitrogen and oxygen atoms in total. The first-order valence-electron chi connectivity index (χ1n) is 9.93. The van der Waals surface area contributed by atoms with Crippen LogP contribution >= 0.6 is 22.9 Å². The lowest BCUT2D eigenvalue weighted by Gasteiger charge is -2.31. The topological polar surface area (TPSA) is 54.5 Å². The van der Waals surface area contributed by atoms with Gasteiger partial charge < -0.3 is 15.0 Å². The van der Waals surface area contributed by atoms with Gasteiger partial charge in [0.15, 0.2) is 5.13 Å². The monoisotopic (exact) mass is 429 g/mol. The SMILES string of the molecule is CCOc1ccc2nc(N3CCC[C@@H](C(=O)NCc4ccc(Cl)cc4)C3)sc2c1. The van der Waals surface area contributed by atoms with Crippen molar-refractivity contribution in [3.63, 3.8) is 0 Å². The summed E-state index contributed by atoms with van der Waals surface area (Å²) in [6.07, 6.45) is 1.89. The van der Waals surface area contributed by atoms with Crippen LogP contribution in [-0.2, 0) is 11.3 Å². The number of halogens is 1. The van der Waals surface area contributed by atoms with Gasteiger partial charge in [0.1, 0.15) is 5.75 Å². The molecule has 29 heavy (non-hydrogen) atoms. The van der Waals surface area contributed by atoms with Gasteiger partial charge >= 0.3 is 0 Å². The van der Waals surface area contributed by atoms with Crippen molar-refractivity contribution in [3.8, 4) is 5.75 Å². The Labute approximate surface area is 179 Å². The number of rotatable bonds is 6. The summed E-state index contributed by atoms with van der Waals surface area (Å²) in [5, 5.41) is 4.74. The van der Waals surface area contributed by atoms with Gasteiger partial charge in [0.05, 0.1) is 22.7 Å². The van der Waals surface area contributed by atoms with Crippen LogP contribution < -0.4 is 15.0 Å². The van der Waals surface area contributed by atoms with E-state index in [9.17, 15) is 4.79 Å². The largest absolute Gasteiger partial charge is 0.494 e. The fraction of sp³-hybridized carbons (Fsp3) is 0.364. The van der Waals surface area contributed by atoms with Gasteiger partial charge in [-0.1, -0.05) is 35.1 Å². The molecule has 7 heteroatoms. The molecule has 0 spiro atoms. The van der Waals surface area contributed by atoms with Crippen molar-refractivity contribution in [1.29, 1.82) is 0 Å². The molecule has 0 aliphatic carbocycles. The molecule has 2 heterocycles. The minimum absolute atomic E-state index is 0.0259. The van der Waals surface area contributed by atoms with Crippen LogP contribution in [0.25, 0.3) is 10.2 Å². The summed E-state index contributed by atoms with van der Waals surface area (Å²) < 4.78 is 6.70. The summed E-state index contributed by atoms with van der Waals surface area (Å²) >= 11 is 7.58. The summed E-state index contributed by atoms with van der Waals surface area (Å²) in [6.45, 7) is 4.78. The van der Waals surface area contributed by atoms with E-state index in [2.05, 4.69) is 10.2 Å². The standard InChI is InChI=1S/C22H24ClN3O2S/c1-2-28-18-9-10-19-20(12-18)29-22(25-19)26-11-3-4-16(14-26)21(27)24-13-15-5-7-17(23)8-6-15/h5-10,12,16H,2-4,11,13-14H2,1H3,(H,24,27)/t16-/m1/s1. The van der Waals surface area contributed by atoms with Crippen LogP contribution in [0.5, 0.6) is 5.75 Å². The van der Waals surface area contributed by atoms with Gasteiger partial charge in [0.25, 0.3) is 0 Å². The molecule has 1 fully saturated rings. The summed E-state index contributed by atoms with van der Waals surface area (Å²) in [5.74, 6) is 0.944. The number of nitrogens with zero attached hydrogens (tertiary/aromatic N) is 2. The quantitative estimate of drug-likeness (QED) is 0.606. The van der Waals surface area contributed by atoms with E-state index in [0.29, 0.717) is 24.7 Å². The van der Waals surface area contributed by atoms with Gasteiger partial charge in [-0.2, -0.15) is 0 Å². The first-order chi connectivity index (χ1) is 14.1. The van der Waals surface area contributed by atoms with E-state index in [1.165, 1.54) is 0 Å². The molecule has 1 aliphatic rings. The number of fused-ring (bicyclic) bond motifs is 1. The molecule has 1 atom stereocenters. The van der Waals surface area contributed by atoms with Crippen molar-refractivity contribution >= 4 is 44.2 Å². The highest BCUT2D eigenvalue weighted by molar-refractivity contribution is 7.22. The minimum Gasteiger partial charge on any atom is -0.494 e. The van der Waals surface area contributed by atoms with E-state index in [0.717, 1.165) is 46.0 Å². The summed E-state index contributed by atoms with van der Waals surface area (Å²) in [7, 11) is 0. The highest BCUT2D eigenvalue weighted by Gasteiger charge is 2.27. The second-order valence-electron chi connectivity index (χ2n) is 7.19. The number of hydrogen-bond acceptors (Lipinski definition) is 5. The zero-order valence-electron chi connectivity index (χ0n) is 16.4. The number of thiazole rings is 1. The molecule has 0 unspecified atom stereocenters. The van der Waals surface area contributed by atoms with Crippen molar-refractivity contribution in [3.05, 3.63) is 53.1 Å². The van der Waals surface area contributed by atoms with Gasteiger partial charge in [-0.3, -0.25) is 4.79 Å². The number of piperidine rings is 1. The third kappa shape index (κ3) is 4.82. The molecule has 3 aromatic rings. The highest BCUT2D eigenvalue weighted by atomic mass is 35.5. The number of carbonyl (C=O) groups excluding carboxylic acids is 1. The maximum atomic E-state index is 12.7. The molecule has 1 aromatic heterocycles. The minimum atomic E-state index is -0.0259. The predicted octanol–water partition coefficient (Wildman–Crippen LogP) is 4.88. The average molecular weight is 430 g/mol. The Kier molecular flexibility index (Phi) is 6.21. The number of amides is 1. The molecule has 152 valence electrons. The Morgan fingerprint density at radius 2 is 2.14 bits per heavy atom. The smallest absolute Gasteiger partial charge is 0.225 e. The molecular weight excluding hydrogens is 406 g/mol. The molecule has 1 N–H and O–H groups in total. The number of ether oxygens (including phenoxy) is 1. The van der Waals surface area contributed by atoms with Crippen molar-refractivity contribution < 1.29 is 9.53 Å². The Bertz CT molecular complexity index is 989. The van der Waals surface area contributed by atoms with E-state index in [4.69, 9.17) is 21.3 Å². The molecular formula is C22H24ClN3O2S. The number of anilines is 1. The highest BCUT2D eigenvalue weighted by Crippen LogP contribution is 2.33. The van der Waals surface area contributed by atoms with Crippen LogP contribution in [0.15, 0.2) is 42.5 Å². The van der Waals surface area contributed by atoms with Crippen LogP contribution in [0.4, 0.5) is 5.13 Å². The third-order valence-corrected chi connectivity index (χ3v) is 6.43. The van der Waals surface area contributed by atoms with Crippen LogP contribution in [0.3, 0.4) is 0 Å². The Hall–Kier alpha value is -2.31. The van der Waals surface area contributed by atoms with Crippen molar-refractivity contribution in [2.75, 3.05) is 24.6 Å². The Morgan fingerprint density at radius 1 is 1.31 bits per heavy atom. The lowest BCUT2D eigenvalue weighted by Crippen LogP contribution is -2.42. The Morgan fingerprint density at radius 3 is 2.93 bits per heavy atom. The zero-order chi connectivity index (χ0) is 20.2. The molecule has 0 bridgehead atoms. The van der Waals surface area contributed by atoms with Crippen LogP contribution in [-0.4, -0.2) is 30.6 Å². The summed E-state index contributed by atoms with van der Waals surface area (Å²) in [4.78, 5) is 19.7. The molecule has 1 aliphatic heterocycles. The van der Waals surface area contributed by atoms with E-state index in [-0.39, 0.29) is 11.8 Å². The average Bonchev–Trinajstić information content (AvgIpc) is 3.17. The number of aromatic nitrogens is 1. The maximum absolute atomic E-state index is 12.7.